The second-order valence-corrected chi connectivity index (χ2v) is 5.16. The van der Waals surface area contributed by atoms with E-state index in [0.717, 1.165) is 6.42 Å². The molecule has 1 aromatic carbocycles. The molecule has 1 aliphatic rings. The fraction of sp³-hybridized carbons (Fsp3) is 0.467. The van der Waals surface area contributed by atoms with Gasteiger partial charge in [0.1, 0.15) is 6.04 Å². The third kappa shape index (κ3) is 2.76. The third-order valence-corrected chi connectivity index (χ3v) is 3.92. The molecule has 20 heavy (non-hydrogen) atoms. The van der Waals surface area contributed by atoms with Crippen LogP contribution in [-0.2, 0) is 11.2 Å². The highest BCUT2D eigenvalue weighted by Crippen LogP contribution is 2.33. The predicted octanol–water partition coefficient (Wildman–Crippen LogP) is 1.83. The number of nitrogens with one attached hydrogen (secondary N) is 1. The fourth-order valence-corrected chi connectivity index (χ4v) is 2.64. The number of amides is 2. The van der Waals surface area contributed by atoms with Crippen LogP contribution in [-0.4, -0.2) is 41.6 Å². The summed E-state index contributed by atoms with van der Waals surface area (Å²) in [6.45, 7) is 2.31. The largest absolute Gasteiger partial charge is 0.480 e. The van der Waals surface area contributed by atoms with Crippen LogP contribution >= 0.6 is 0 Å². The maximum atomic E-state index is 12.0. The van der Waals surface area contributed by atoms with Crippen LogP contribution in [0.5, 0.6) is 0 Å². The number of rotatable bonds is 5. The first-order chi connectivity index (χ1) is 9.54. The summed E-state index contributed by atoms with van der Waals surface area (Å²) in [6, 6.07) is 7.08. The molecule has 0 aliphatic heterocycles. The van der Waals surface area contributed by atoms with E-state index >= 15 is 0 Å². The third-order valence-electron chi connectivity index (χ3n) is 3.92. The van der Waals surface area contributed by atoms with Crippen molar-refractivity contribution in [3.05, 3.63) is 35.4 Å². The number of urea groups is 1. The highest BCUT2D eigenvalue weighted by atomic mass is 16.4. The molecule has 0 spiro atoms. The molecule has 0 bridgehead atoms. The van der Waals surface area contributed by atoms with Crippen LogP contribution in [0, 0.1) is 0 Å². The number of hydrogen-bond acceptors (Lipinski definition) is 2. The smallest absolute Gasteiger partial charge is 0.326 e. The van der Waals surface area contributed by atoms with Gasteiger partial charge in [0.15, 0.2) is 0 Å². The fourth-order valence-electron chi connectivity index (χ4n) is 2.64. The van der Waals surface area contributed by atoms with E-state index in [1.54, 1.807) is 6.92 Å². The molecule has 1 aromatic rings. The highest BCUT2D eigenvalue weighted by Gasteiger charge is 2.28. The molecule has 2 unspecified atom stereocenters. The minimum atomic E-state index is -0.973. The average Bonchev–Trinajstić information content (AvgIpc) is 2.39. The van der Waals surface area contributed by atoms with Crippen molar-refractivity contribution in [2.45, 2.75) is 31.7 Å². The number of benzene rings is 1. The number of carbonyl (C=O) groups is 2. The van der Waals surface area contributed by atoms with Gasteiger partial charge in [-0.3, -0.25) is 0 Å². The van der Waals surface area contributed by atoms with Crippen LogP contribution in [0.2, 0.25) is 0 Å². The van der Waals surface area contributed by atoms with Crippen molar-refractivity contribution in [1.82, 2.24) is 10.2 Å². The van der Waals surface area contributed by atoms with Crippen molar-refractivity contribution >= 4 is 12.0 Å². The van der Waals surface area contributed by atoms with Crippen molar-refractivity contribution in [2.75, 3.05) is 13.6 Å². The molecule has 2 N–H and O–H groups in total. The molecule has 1 aliphatic carbocycles. The Labute approximate surface area is 118 Å². The Morgan fingerprint density at radius 1 is 1.45 bits per heavy atom. The van der Waals surface area contributed by atoms with Gasteiger partial charge < -0.3 is 15.3 Å². The first-order valence-electron chi connectivity index (χ1n) is 6.85. The minimum Gasteiger partial charge on any atom is -0.480 e. The van der Waals surface area contributed by atoms with Crippen LogP contribution in [0.4, 0.5) is 4.79 Å². The predicted molar refractivity (Wildman–Crippen MR) is 75.8 cm³/mol. The summed E-state index contributed by atoms with van der Waals surface area (Å²) in [4.78, 5) is 24.2. The first kappa shape index (κ1) is 14.4. The number of likely N-dealkylation sites (N-methyl/N-ethyl adjacent to an activating group) is 1. The minimum absolute atomic E-state index is 0.330. The van der Waals surface area contributed by atoms with E-state index in [4.69, 9.17) is 5.11 Å². The van der Waals surface area contributed by atoms with Crippen molar-refractivity contribution in [2.24, 2.45) is 0 Å². The molecule has 108 valence electrons. The Morgan fingerprint density at radius 2 is 2.15 bits per heavy atom. The second-order valence-electron chi connectivity index (χ2n) is 5.16. The summed E-state index contributed by atoms with van der Waals surface area (Å²) >= 11 is 0. The normalized spacial score (nSPS) is 17.6. The number of aliphatic carboxylic acids is 1. The number of fused-ring (bicyclic) bond motifs is 1. The maximum absolute atomic E-state index is 12.0. The summed E-state index contributed by atoms with van der Waals surface area (Å²) in [5.74, 6) is -0.632. The van der Waals surface area contributed by atoms with E-state index in [9.17, 15) is 9.59 Å². The van der Waals surface area contributed by atoms with Crippen molar-refractivity contribution in [3.8, 4) is 0 Å². The zero-order valence-corrected chi connectivity index (χ0v) is 11.8. The van der Waals surface area contributed by atoms with E-state index in [2.05, 4.69) is 17.4 Å². The summed E-state index contributed by atoms with van der Waals surface area (Å²) in [6.07, 6.45) is 1.36. The Bertz CT molecular complexity index is 516. The summed E-state index contributed by atoms with van der Waals surface area (Å²) in [5, 5.41) is 11.9. The lowest BCUT2D eigenvalue weighted by Crippen LogP contribution is -2.48. The SMILES string of the molecule is CCC(C(=O)O)N(C)C(=O)NCC1Cc2ccccc21. The van der Waals surface area contributed by atoms with E-state index in [1.165, 1.54) is 23.1 Å². The number of nitrogens with zero attached hydrogens (tertiary/aromatic N) is 1. The molecular weight excluding hydrogens is 256 g/mol. The zero-order chi connectivity index (χ0) is 14.7. The Morgan fingerprint density at radius 3 is 2.75 bits per heavy atom. The molecule has 0 radical (unpaired) electrons. The van der Waals surface area contributed by atoms with Crippen LogP contribution in [0.25, 0.3) is 0 Å². The summed E-state index contributed by atoms with van der Waals surface area (Å²) < 4.78 is 0. The topological polar surface area (TPSA) is 69.6 Å². The van der Waals surface area contributed by atoms with Gasteiger partial charge in [-0.1, -0.05) is 31.2 Å². The van der Waals surface area contributed by atoms with Crippen LogP contribution in [0.1, 0.15) is 30.4 Å². The van der Waals surface area contributed by atoms with Gasteiger partial charge >= 0.3 is 12.0 Å². The van der Waals surface area contributed by atoms with Gasteiger partial charge in [-0.05, 0) is 24.0 Å². The molecule has 0 fully saturated rings. The molecule has 0 saturated heterocycles. The second kappa shape index (κ2) is 5.94. The molecular formula is C15H20N2O3. The van der Waals surface area contributed by atoms with Gasteiger partial charge in [-0.2, -0.15) is 0 Å². The molecule has 2 rings (SSSR count). The summed E-state index contributed by atoms with van der Waals surface area (Å²) in [7, 11) is 1.52. The number of carbonyl (C=O) groups excluding carboxylic acids is 1. The molecule has 2 atom stereocenters. The zero-order valence-electron chi connectivity index (χ0n) is 11.8. The Balaban J connectivity index is 1.86. The van der Waals surface area contributed by atoms with Crippen LogP contribution in [0.15, 0.2) is 24.3 Å². The lowest BCUT2D eigenvalue weighted by molar-refractivity contribution is -0.141. The maximum Gasteiger partial charge on any atom is 0.326 e. The van der Waals surface area contributed by atoms with Crippen molar-refractivity contribution in [3.63, 3.8) is 0 Å². The molecule has 2 amide bonds. The lowest BCUT2D eigenvalue weighted by atomic mass is 9.78. The van der Waals surface area contributed by atoms with Gasteiger partial charge in [-0.15, -0.1) is 0 Å². The lowest BCUT2D eigenvalue weighted by Gasteiger charge is -2.31. The number of hydrogen-bond donors (Lipinski definition) is 2. The quantitative estimate of drug-likeness (QED) is 0.862. The van der Waals surface area contributed by atoms with Gasteiger partial charge in [0.25, 0.3) is 0 Å². The van der Waals surface area contributed by atoms with Crippen LogP contribution in [0.3, 0.4) is 0 Å². The van der Waals surface area contributed by atoms with Crippen molar-refractivity contribution in [1.29, 1.82) is 0 Å². The van der Waals surface area contributed by atoms with E-state index in [1.807, 2.05) is 12.1 Å². The van der Waals surface area contributed by atoms with Gasteiger partial charge in [0.05, 0.1) is 0 Å². The highest BCUT2D eigenvalue weighted by molar-refractivity contribution is 5.82. The average molecular weight is 276 g/mol. The van der Waals surface area contributed by atoms with E-state index < -0.39 is 12.0 Å². The summed E-state index contributed by atoms with van der Waals surface area (Å²) in [5.41, 5.74) is 2.61. The standard InChI is InChI=1S/C15H20N2O3/c1-3-13(14(18)19)17(2)15(20)16-9-11-8-10-6-4-5-7-12(10)11/h4-7,11,13H,3,8-9H2,1-2H3,(H,16,20)(H,18,19). The number of carboxylic acid groups (broad SMARTS) is 1. The molecule has 5 nitrogen and oxygen atoms in total. The molecule has 0 aromatic heterocycles. The number of carboxylic acids is 1. The first-order valence-corrected chi connectivity index (χ1v) is 6.85. The Hall–Kier alpha value is -2.04. The molecule has 0 saturated carbocycles. The monoisotopic (exact) mass is 276 g/mol. The molecule has 5 heteroatoms. The van der Waals surface area contributed by atoms with Gasteiger partial charge in [0.2, 0.25) is 0 Å². The van der Waals surface area contributed by atoms with E-state index in [-0.39, 0.29) is 6.03 Å². The van der Waals surface area contributed by atoms with Crippen LogP contribution < -0.4 is 5.32 Å². The van der Waals surface area contributed by atoms with Gasteiger partial charge in [0, 0.05) is 19.5 Å². The Kier molecular flexibility index (Phi) is 4.27. The van der Waals surface area contributed by atoms with Gasteiger partial charge in [-0.25, -0.2) is 9.59 Å². The van der Waals surface area contributed by atoms with E-state index in [0.29, 0.717) is 18.9 Å². The van der Waals surface area contributed by atoms with Crippen molar-refractivity contribution < 1.29 is 14.7 Å². The molecule has 0 heterocycles.